The minimum absolute atomic E-state index is 0.00670. The number of hydrogen-bond acceptors (Lipinski definition) is 8. The van der Waals surface area contributed by atoms with Crippen LogP contribution >= 0.6 is 35.0 Å². The van der Waals surface area contributed by atoms with E-state index in [1.807, 2.05) is 12.3 Å². The molecule has 3 heterocycles. The quantitative estimate of drug-likeness (QED) is 0.387. The first-order chi connectivity index (χ1) is 16.7. The summed E-state index contributed by atoms with van der Waals surface area (Å²) in [6.45, 7) is 1.87. The fourth-order valence-corrected chi connectivity index (χ4v) is 6.88. The highest BCUT2D eigenvalue weighted by molar-refractivity contribution is 7.98. The zero-order chi connectivity index (χ0) is 25.2. The molecule has 2 aliphatic rings. The van der Waals surface area contributed by atoms with Crippen molar-refractivity contribution in [2.24, 2.45) is 0 Å². The summed E-state index contributed by atoms with van der Waals surface area (Å²) >= 11 is 13.5. The Bertz CT molecular complexity index is 1180. The van der Waals surface area contributed by atoms with E-state index in [9.17, 15) is 13.2 Å². The Morgan fingerprint density at radius 3 is 2.60 bits per heavy atom. The van der Waals surface area contributed by atoms with Crippen molar-refractivity contribution >= 4 is 56.9 Å². The number of amides is 1. The summed E-state index contributed by atoms with van der Waals surface area (Å²) in [5.41, 5.74) is 0. The molecule has 2 aliphatic heterocycles. The van der Waals surface area contributed by atoms with E-state index in [0.29, 0.717) is 11.4 Å². The van der Waals surface area contributed by atoms with Crippen LogP contribution in [0.4, 0.5) is 10.6 Å². The number of nitrogens with zero attached hydrogens (tertiary/aromatic N) is 5. The molecule has 0 aliphatic carbocycles. The lowest BCUT2D eigenvalue weighted by molar-refractivity contribution is 0.0607. The largest absolute Gasteiger partial charge is 0.445 e. The van der Waals surface area contributed by atoms with E-state index >= 15 is 0 Å². The van der Waals surface area contributed by atoms with Gasteiger partial charge in [0, 0.05) is 43.9 Å². The minimum Gasteiger partial charge on any atom is -0.445 e. The topological polar surface area (TPSA) is 95.9 Å². The number of aromatic nitrogens is 2. The van der Waals surface area contributed by atoms with Crippen LogP contribution in [0.15, 0.2) is 40.5 Å². The fourth-order valence-electron chi connectivity index (χ4n) is 4.30. The first-order valence-corrected chi connectivity index (χ1v) is 14.6. The molecule has 13 heteroatoms. The fraction of sp³-hybridized carbons (Fsp3) is 0.500. The lowest BCUT2D eigenvalue weighted by Gasteiger charge is -2.37. The Labute approximate surface area is 219 Å². The number of carbonyl (C=O) groups is 1. The second kappa shape index (κ2) is 11.1. The molecule has 0 saturated carbocycles. The van der Waals surface area contributed by atoms with E-state index in [4.69, 9.17) is 27.9 Å². The molecule has 0 spiro atoms. The van der Waals surface area contributed by atoms with Gasteiger partial charge in [0.15, 0.2) is 5.16 Å². The number of rotatable bonds is 6. The summed E-state index contributed by atoms with van der Waals surface area (Å²) in [7, 11) is -2.08. The number of piperidine rings is 1. The number of ether oxygens (including phenoxy) is 1. The van der Waals surface area contributed by atoms with Gasteiger partial charge in [0.05, 0.1) is 11.6 Å². The van der Waals surface area contributed by atoms with Crippen LogP contribution in [-0.2, 0) is 14.8 Å². The summed E-state index contributed by atoms with van der Waals surface area (Å²) in [5, 5.41) is 1.16. The smallest absolute Gasteiger partial charge is 0.410 e. The summed E-state index contributed by atoms with van der Waals surface area (Å²) in [6.07, 6.45) is 4.73. The first-order valence-electron chi connectivity index (χ1n) is 11.2. The molecule has 9 nitrogen and oxygen atoms in total. The third-order valence-corrected chi connectivity index (χ3v) is 9.46. The average Bonchev–Trinajstić information content (AvgIpc) is 3.33. The second-order valence-electron chi connectivity index (χ2n) is 8.46. The van der Waals surface area contributed by atoms with E-state index in [2.05, 4.69) is 14.9 Å². The van der Waals surface area contributed by atoms with Crippen molar-refractivity contribution in [1.29, 1.82) is 0 Å². The number of carbonyl (C=O) groups excluding carboxylic acids is 1. The van der Waals surface area contributed by atoms with Gasteiger partial charge in [-0.05, 0) is 49.8 Å². The predicted octanol–water partition coefficient (Wildman–Crippen LogP) is 4.01. The highest BCUT2D eigenvalue weighted by Gasteiger charge is 2.37. The van der Waals surface area contributed by atoms with Crippen LogP contribution < -0.4 is 4.90 Å². The standard InChI is InChI=1S/C22H27Cl2N5O4S2/c1-27(16-6-10-28(11-7-16)20-5-9-25-21(26-20)34-2)22(30)33-17-8-12-29(14-17)35(31,32)19-4-3-15(23)13-18(19)24/h3-5,9,13,16-17H,6-8,10-12,14H2,1-2H3. The number of sulfonamides is 1. The van der Waals surface area contributed by atoms with Crippen LogP contribution in [0.1, 0.15) is 19.3 Å². The van der Waals surface area contributed by atoms with Crippen molar-refractivity contribution in [3.05, 3.63) is 40.5 Å². The Balaban J connectivity index is 1.30. The summed E-state index contributed by atoms with van der Waals surface area (Å²) in [6, 6.07) is 6.21. The van der Waals surface area contributed by atoms with Gasteiger partial charge in [0.25, 0.3) is 0 Å². The Kier molecular flexibility index (Phi) is 8.32. The van der Waals surface area contributed by atoms with Crippen molar-refractivity contribution in [3.8, 4) is 0 Å². The maximum absolute atomic E-state index is 13.0. The maximum Gasteiger partial charge on any atom is 0.410 e. The third kappa shape index (κ3) is 5.96. The number of thioether (sulfide) groups is 1. The lowest BCUT2D eigenvalue weighted by Crippen LogP contribution is -2.46. The van der Waals surface area contributed by atoms with E-state index in [1.165, 1.54) is 34.3 Å². The van der Waals surface area contributed by atoms with E-state index in [0.717, 1.165) is 36.9 Å². The molecule has 1 amide bonds. The molecule has 2 fully saturated rings. The zero-order valence-electron chi connectivity index (χ0n) is 19.4. The molecular formula is C22H27Cl2N5O4S2. The molecule has 1 atom stereocenters. The molecule has 0 radical (unpaired) electrons. The summed E-state index contributed by atoms with van der Waals surface area (Å²) in [4.78, 5) is 25.4. The van der Waals surface area contributed by atoms with Crippen LogP contribution in [-0.4, -0.2) is 85.3 Å². The second-order valence-corrected chi connectivity index (χ2v) is 12.0. The minimum atomic E-state index is -3.81. The maximum atomic E-state index is 13.0. The van der Waals surface area contributed by atoms with Gasteiger partial charge in [-0.2, -0.15) is 4.31 Å². The number of benzene rings is 1. The van der Waals surface area contributed by atoms with E-state index in [1.54, 1.807) is 18.1 Å². The average molecular weight is 561 g/mol. The van der Waals surface area contributed by atoms with Gasteiger partial charge in [-0.25, -0.2) is 23.2 Å². The Morgan fingerprint density at radius 1 is 1.17 bits per heavy atom. The molecule has 1 unspecified atom stereocenters. The molecule has 4 rings (SSSR count). The molecule has 0 bridgehead atoms. The van der Waals surface area contributed by atoms with Gasteiger partial charge < -0.3 is 14.5 Å². The number of anilines is 1. The summed E-state index contributed by atoms with van der Waals surface area (Å²) in [5.74, 6) is 0.890. The van der Waals surface area contributed by atoms with Crippen LogP contribution in [0, 0.1) is 0 Å². The number of hydrogen-bond donors (Lipinski definition) is 0. The van der Waals surface area contributed by atoms with E-state index < -0.39 is 22.2 Å². The van der Waals surface area contributed by atoms with Gasteiger partial charge >= 0.3 is 6.09 Å². The van der Waals surface area contributed by atoms with Gasteiger partial charge in [-0.3, -0.25) is 0 Å². The van der Waals surface area contributed by atoms with Gasteiger partial charge in [-0.15, -0.1) is 0 Å². The molecule has 2 saturated heterocycles. The zero-order valence-corrected chi connectivity index (χ0v) is 22.6. The normalized spacial score (nSPS) is 19.7. The molecular weight excluding hydrogens is 533 g/mol. The van der Waals surface area contributed by atoms with Crippen molar-refractivity contribution in [3.63, 3.8) is 0 Å². The molecule has 35 heavy (non-hydrogen) atoms. The van der Waals surface area contributed by atoms with Crippen LogP contribution in [0.2, 0.25) is 10.0 Å². The van der Waals surface area contributed by atoms with Gasteiger partial charge in [0.2, 0.25) is 10.0 Å². The monoisotopic (exact) mass is 559 g/mol. The lowest BCUT2D eigenvalue weighted by atomic mass is 10.0. The molecule has 1 aromatic carbocycles. The molecule has 190 valence electrons. The van der Waals surface area contributed by atoms with Crippen molar-refractivity contribution in [2.75, 3.05) is 44.4 Å². The van der Waals surface area contributed by atoms with Crippen LogP contribution in [0.3, 0.4) is 0 Å². The number of halogens is 2. The van der Waals surface area contributed by atoms with Crippen LogP contribution in [0.5, 0.6) is 0 Å². The first kappa shape index (κ1) is 26.3. The highest BCUT2D eigenvalue weighted by atomic mass is 35.5. The summed E-state index contributed by atoms with van der Waals surface area (Å²) < 4.78 is 33.0. The third-order valence-electron chi connectivity index (χ3n) is 6.31. The van der Waals surface area contributed by atoms with E-state index in [-0.39, 0.29) is 29.0 Å². The van der Waals surface area contributed by atoms with Crippen molar-refractivity contribution < 1.29 is 17.9 Å². The molecule has 1 aromatic heterocycles. The van der Waals surface area contributed by atoms with Gasteiger partial charge in [-0.1, -0.05) is 35.0 Å². The van der Waals surface area contributed by atoms with Crippen molar-refractivity contribution in [2.45, 2.75) is 41.5 Å². The van der Waals surface area contributed by atoms with Crippen LogP contribution in [0.25, 0.3) is 0 Å². The SMILES string of the molecule is CSc1nccc(N2CCC(N(C)C(=O)OC3CCN(S(=O)(=O)c4ccc(Cl)cc4Cl)C3)CC2)n1. The Hall–Kier alpha value is -1.79. The van der Waals surface area contributed by atoms with Crippen molar-refractivity contribution in [1.82, 2.24) is 19.2 Å². The highest BCUT2D eigenvalue weighted by Crippen LogP contribution is 2.30. The predicted molar refractivity (Wildman–Crippen MR) is 137 cm³/mol. The Morgan fingerprint density at radius 2 is 1.91 bits per heavy atom. The molecule has 2 aromatic rings. The molecule has 0 N–H and O–H groups in total. The van der Waals surface area contributed by atoms with Gasteiger partial charge in [0.1, 0.15) is 16.8 Å².